The lowest BCUT2D eigenvalue weighted by Crippen LogP contribution is -2.58. The van der Waals surface area contributed by atoms with E-state index in [2.05, 4.69) is 10.6 Å². The van der Waals surface area contributed by atoms with Crippen molar-refractivity contribution < 1.29 is 42.8 Å². The average Bonchev–Trinajstić information content (AvgIpc) is 2.82. The minimum Gasteiger partial charge on any atom is -0.390 e. The van der Waals surface area contributed by atoms with Crippen molar-refractivity contribution >= 4 is 23.4 Å². The number of β-amino-alcohol motifs (C(OH)–C–C–N with tert-alkyl or cyclic N) is 2. The van der Waals surface area contributed by atoms with E-state index >= 15 is 0 Å². The van der Waals surface area contributed by atoms with Crippen molar-refractivity contribution in [2.45, 2.75) is 76.8 Å². The fourth-order valence-electron chi connectivity index (χ4n) is 3.87. The number of alkyl halides is 4. The van der Waals surface area contributed by atoms with Gasteiger partial charge in [0.2, 0.25) is 12.9 Å². The number of carbonyl (C=O) groups is 1. The summed E-state index contributed by atoms with van der Waals surface area (Å²) < 4.78 is 50.8. The molecule has 36 heavy (non-hydrogen) atoms. The zero-order chi connectivity index (χ0) is 27.4. The molecular formula is C22H40F4N4O5S. The minimum atomic E-state index is -2.76. The molecule has 0 bridgehead atoms. The molecule has 2 aliphatic rings. The van der Waals surface area contributed by atoms with Gasteiger partial charge in [-0.2, -0.15) is 0 Å². The molecule has 0 spiro atoms. The lowest BCUT2D eigenvalue weighted by molar-refractivity contribution is -0.107. The van der Waals surface area contributed by atoms with Crippen molar-refractivity contribution in [2.75, 3.05) is 39.3 Å². The number of unbranched alkanes of at least 4 members (excludes halogenated alkanes) is 2. The molecule has 0 aliphatic carbocycles. The van der Waals surface area contributed by atoms with Gasteiger partial charge in [0.1, 0.15) is 0 Å². The molecule has 0 aromatic rings. The first-order valence-electron chi connectivity index (χ1n) is 12.3. The number of urea groups is 1. The van der Waals surface area contributed by atoms with Crippen LogP contribution in [0.3, 0.4) is 0 Å². The molecule has 0 unspecified atom stereocenters. The molecule has 0 saturated carbocycles. The maximum atomic E-state index is 12.7. The Morgan fingerprint density at radius 1 is 0.806 bits per heavy atom. The molecule has 2 aliphatic heterocycles. The summed E-state index contributed by atoms with van der Waals surface area (Å²) in [6.45, 7) is 4.86. The van der Waals surface area contributed by atoms with Gasteiger partial charge in [0.05, 0.1) is 42.8 Å². The van der Waals surface area contributed by atoms with Gasteiger partial charge in [-0.1, -0.05) is 26.7 Å². The highest BCUT2D eigenvalue weighted by atomic mass is 32.1. The van der Waals surface area contributed by atoms with Crippen LogP contribution in [0.25, 0.3) is 0 Å². The highest BCUT2D eigenvalue weighted by Gasteiger charge is 2.42. The van der Waals surface area contributed by atoms with Crippen LogP contribution < -0.4 is 10.6 Å². The van der Waals surface area contributed by atoms with Gasteiger partial charge < -0.3 is 40.9 Å². The van der Waals surface area contributed by atoms with Gasteiger partial charge in [-0.3, -0.25) is 0 Å². The maximum absolute atomic E-state index is 12.7. The number of amides is 2. The molecular weight excluding hydrogens is 508 g/mol. The van der Waals surface area contributed by atoms with Crippen LogP contribution >= 0.6 is 12.2 Å². The van der Waals surface area contributed by atoms with Crippen LogP contribution in [0.5, 0.6) is 0 Å². The first kappa shape index (κ1) is 32.5. The van der Waals surface area contributed by atoms with Crippen molar-refractivity contribution in [1.82, 2.24) is 20.4 Å². The fourth-order valence-corrected chi connectivity index (χ4v) is 4.12. The highest BCUT2D eigenvalue weighted by molar-refractivity contribution is 7.80. The van der Waals surface area contributed by atoms with Crippen LogP contribution in [0.4, 0.5) is 22.4 Å². The Bertz CT molecular complexity index is 616. The topological polar surface area (TPSA) is 129 Å². The first-order valence-corrected chi connectivity index (χ1v) is 12.7. The van der Waals surface area contributed by atoms with Crippen LogP contribution in [0, 0.1) is 11.8 Å². The van der Waals surface area contributed by atoms with Crippen molar-refractivity contribution in [3.8, 4) is 0 Å². The fraction of sp³-hybridized carbons (Fsp3) is 0.909. The van der Waals surface area contributed by atoms with Gasteiger partial charge in [-0.05, 0) is 25.1 Å². The van der Waals surface area contributed by atoms with Crippen LogP contribution in [0.2, 0.25) is 0 Å². The molecule has 2 fully saturated rings. The molecule has 0 radical (unpaired) electrons. The summed E-state index contributed by atoms with van der Waals surface area (Å²) in [5.74, 6) is -2.66. The third-order valence-corrected chi connectivity index (χ3v) is 6.58. The number of aliphatic hydroxyl groups is 4. The van der Waals surface area contributed by atoms with E-state index in [1.54, 1.807) is 0 Å². The number of piperidine rings is 2. The Morgan fingerprint density at radius 3 is 1.67 bits per heavy atom. The SMILES string of the molecule is CCCCNC(=O)N1C[C@@H](O)[C@H](O)[C@@H](C(F)F)C1.CCCCNC(=S)N1C[C@@H](O)[C@H](O)[C@@H](C(F)F)C1. The van der Waals surface area contributed by atoms with E-state index in [4.69, 9.17) is 12.2 Å². The molecule has 9 nitrogen and oxygen atoms in total. The molecule has 2 rings (SSSR count). The van der Waals surface area contributed by atoms with Gasteiger partial charge in [0, 0.05) is 32.7 Å². The Balaban J connectivity index is 0.000000360. The number of aliphatic hydroxyl groups excluding tert-OH is 4. The molecule has 6 N–H and O–H groups in total. The molecule has 2 saturated heterocycles. The Morgan fingerprint density at radius 2 is 1.22 bits per heavy atom. The van der Waals surface area contributed by atoms with Gasteiger partial charge in [-0.15, -0.1) is 0 Å². The number of nitrogens with zero attached hydrogens (tertiary/aromatic N) is 2. The minimum absolute atomic E-state index is 0.0339. The zero-order valence-electron chi connectivity index (χ0n) is 20.7. The van der Waals surface area contributed by atoms with Crippen LogP contribution in [-0.4, -0.2) is 118 Å². The molecule has 2 heterocycles. The zero-order valence-corrected chi connectivity index (χ0v) is 21.5. The van der Waals surface area contributed by atoms with E-state index in [9.17, 15) is 42.8 Å². The third kappa shape index (κ3) is 10.1. The molecule has 6 atom stereocenters. The second-order valence-electron chi connectivity index (χ2n) is 9.09. The summed E-state index contributed by atoms with van der Waals surface area (Å²) in [7, 11) is 0. The Hall–Kier alpha value is -1.48. The number of hydrogen-bond donors (Lipinski definition) is 6. The molecule has 14 heteroatoms. The summed E-state index contributed by atoms with van der Waals surface area (Å²) in [5, 5.41) is 43.9. The quantitative estimate of drug-likeness (QED) is 0.151. The van der Waals surface area contributed by atoms with Crippen molar-refractivity contribution in [2.24, 2.45) is 11.8 Å². The van der Waals surface area contributed by atoms with Gasteiger partial charge >= 0.3 is 6.03 Å². The Labute approximate surface area is 214 Å². The third-order valence-electron chi connectivity index (χ3n) is 6.18. The first-order chi connectivity index (χ1) is 16.9. The monoisotopic (exact) mass is 548 g/mol. The molecule has 0 aromatic carbocycles. The predicted molar refractivity (Wildman–Crippen MR) is 130 cm³/mol. The number of likely N-dealkylation sites (tertiary alicyclic amines) is 2. The van der Waals surface area contributed by atoms with E-state index in [1.807, 2.05) is 13.8 Å². The number of carbonyl (C=O) groups excluding carboxylic acids is 1. The second kappa shape index (κ2) is 16.4. The number of halogens is 4. The number of nitrogens with one attached hydrogen (secondary N) is 2. The number of hydrogen-bond acceptors (Lipinski definition) is 6. The van der Waals surface area contributed by atoms with Gasteiger partial charge in [0.15, 0.2) is 5.11 Å². The molecule has 0 aromatic heterocycles. The van der Waals surface area contributed by atoms with E-state index in [0.717, 1.165) is 30.6 Å². The van der Waals surface area contributed by atoms with Crippen molar-refractivity contribution in [3.05, 3.63) is 0 Å². The summed E-state index contributed by atoms with van der Waals surface area (Å²) in [4.78, 5) is 14.3. The Kier molecular flexibility index (Phi) is 14.8. The smallest absolute Gasteiger partial charge is 0.317 e. The number of rotatable bonds is 8. The summed E-state index contributed by atoms with van der Waals surface area (Å²) >= 11 is 5.10. The summed E-state index contributed by atoms with van der Waals surface area (Å²) in [6, 6.07) is -0.472. The van der Waals surface area contributed by atoms with E-state index in [1.165, 1.54) is 4.90 Å². The summed E-state index contributed by atoms with van der Waals surface area (Å²) in [5.41, 5.74) is 0. The standard InChI is InChI=1S/C11H20F2N2O3.C11H20F2N2O2S/c2*1-2-3-4-14-11(18)15-5-7(10(12)13)9(17)8(16)6-15/h2*7-10,16-17H,2-6H2,1H3,(H,14,18)/t2*7-,8+,9+/m00/s1. The van der Waals surface area contributed by atoms with Gasteiger partial charge in [-0.25, -0.2) is 22.4 Å². The normalized spacial score (nSPS) is 28.6. The van der Waals surface area contributed by atoms with Crippen LogP contribution in [0.15, 0.2) is 0 Å². The van der Waals surface area contributed by atoms with Crippen molar-refractivity contribution in [3.63, 3.8) is 0 Å². The second-order valence-corrected chi connectivity index (χ2v) is 9.48. The highest BCUT2D eigenvalue weighted by Crippen LogP contribution is 2.25. The molecule has 212 valence electrons. The maximum Gasteiger partial charge on any atom is 0.317 e. The predicted octanol–water partition coefficient (Wildman–Crippen LogP) is 0.994. The van der Waals surface area contributed by atoms with E-state index in [0.29, 0.717) is 18.2 Å². The summed E-state index contributed by atoms with van der Waals surface area (Å²) in [6.07, 6.45) is -7.14. The van der Waals surface area contributed by atoms with Crippen molar-refractivity contribution in [1.29, 1.82) is 0 Å². The van der Waals surface area contributed by atoms with E-state index in [-0.39, 0.29) is 26.2 Å². The lowest BCUT2D eigenvalue weighted by Gasteiger charge is -2.40. The van der Waals surface area contributed by atoms with Crippen LogP contribution in [-0.2, 0) is 0 Å². The average molecular weight is 549 g/mol. The molecule has 2 amide bonds. The van der Waals surface area contributed by atoms with Gasteiger partial charge in [0.25, 0.3) is 0 Å². The number of thiocarbonyl (C=S) groups is 1. The van der Waals surface area contributed by atoms with E-state index < -0.39 is 55.1 Å². The largest absolute Gasteiger partial charge is 0.390 e. The van der Waals surface area contributed by atoms with Crippen LogP contribution in [0.1, 0.15) is 39.5 Å². The lowest BCUT2D eigenvalue weighted by atomic mass is 9.93.